The Labute approximate surface area is 311 Å². The van der Waals surface area contributed by atoms with E-state index in [0.717, 1.165) is 65.7 Å². The summed E-state index contributed by atoms with van der Waals surface area (Å²) in [5.74, 6) is 1.87. The highest BCUT2D eigenvalue weighted by Crippen LogP contribution is 2.45. The molecule has 0 aliphatic rings. The number of nitrogens with zero attached hydrogens (tertiary/aromatic N) is 4. The molecule has 0 atom stereocenters. The fraction of sp³-hybridized carbons (Fsp3) is 0. The maximum Gasteiger partial charge on any atom is 0.164 e. The molecule has 248 valence electrons. The third-order valence-corrected chi connectivity index (χ3v) is 12.0. The topological polar surface area (TPSA) is 64.7 Å². The number of thiophene rings is 1. The molecule has 0 radical (unpaired) electrons. The van der Waals surface area contributed by atoms with E-state index in [9.17, 15) is 0 Å². The van der Waals surface area contributed by atoms with E-state index < -0.39 is 0 Å². The zero-order valence-corrected chi connectivity index (χ0v) is 29.7. The van der Waals surface area contributed by atoms with Crippen LogP contribution in [-0.2, 0) is 0 Å². The average molecular weight is 715 g/mol. The van der Waals surface area contributed by atoms with E-state index in [2.05, 4.69) is 91.0 Å². The number of hydrogen-bond acceptors (Lipinski definition) is 7. The van der Waals surface area contributed by atoms with Gasteiger partial charge < -0.3 is 4.42 Å². The zero-order chi connectivity index (χ0) is 34.9. The van der Waals surface area contributed by atoms with E-state index in [1.807, 2.05) is 66.7 Å². The van der Waals surface area contributed by atoms with Gasteiger partial charge in [0.15, 0.2) is 17.5 Å². The van der Waals surface area contributed by atoms with Gasteiger partial charge in [-0.05, 0) is 65.7 Å². The van der Waals surface area contributed by atoms with Gasteiger partial charge in [0.1, 0.15) is 16.2 Å². The number of rotatable bonds is 5. The van der Waals surface area contributed by atoms with Crippen LogP contribution in [0.3, 0.4) is 0 Å². The molecule has 0 amide bonds. The third-order valence-electron chi connectivity index (χ3n) is 9.78. The predicted octanol–water partition coefficient (Wildman–Crippen LogP) is 13.1. The van der Waals surface area contributed by atoms with Crippen LogP contribution >= 0.6 is 22.7 Å². The summed E-state index contributed by atoms with van der Waals surface area (Å²) in [6.45, 7) is 0. The highest BCUT2D eigenvalue weighted by atomic mass is 32.1. The van der Waals surface area contributed by atoms with Gasteiger partial charge in [0, 0.05) is 53.2 Å². The fourth-order valence-corrected chi connectivity index (χ4v) is 9.44. The van der Waals surface area contributed by atoms with Gasteiger partial charge in [-0.15, -0.1) is 22.7 Å². The van der Waals surface area contributed by atoms with Crippen LogP contribution in [0.15, 0.2) is 162 Å². The van der Waals surface area contributed by atoms with Crippen molar-refractivity contribution in [3.8, 4) is 55.9 Å². The lowest BCUT2D eigenvalue weighted by Gasteiger charge is -2.11. The zero-order valence-electron chi connectivity index (χ0n) is 28.0. The van der Waals surface area contributed by atoms with Crippen molar-refractivity contribution in [2.24, 2.45) is 0 Å². The normalized spacial score (nSPS) is 11.8. The molecule has 0 N–H and O–H groups in total. The summed E-state index contributed by atoms with van der Waals surface area (Å²) in [5, 5.41) is 5.45. The molecular formula is C46H26N4OS2. The number of thiazole rings is 1. The molecule has 0 aliphatic carbocycles. The van der Waals surface area contributed by atoms with E-state index >= 15 is 0 Å². The highest BCUT2D eigenvalue weighted by molar-refractivity contribution is 7.26. The minimum atomic E-state index is 0.612. The standard InChI is InChI=1S/C46H26N4OS2/c1-2-11-27(12-3-1)43-48-44(29-23-24-37-34(26-29)32-15-4-6-19-36(32)51-37)50-45(49-43)33-17-10-22-40-42(33)41-31(16-9-21-39(41)52-40)28-13-8-14-30(25-28)46-47-35-18-5-7-20-38(35)53-46/h1-26H. The van der Waals surface area contributed by atoms with Crippen molar-refractivity contribution >= 4 is 75.0 Å². The molecule has 11 aromatic rings. The Bertz CT molecular complexity index is 3160. The van der Waals surface area contributed by atoms with Gasteiger partial charge in [-0.25, -0.2) is 19.9 Å². The lowest BCUT2D eigenvalue weighted by molar-refractivity contribution is 0.669. The van der Waals surface area contributed by atoms with Gasteiger partial charge >= 0.3 is 0 Å². The summed E-state index contributed by atoms with van der Waals surface area (Å²) in [6, 6.07) is 54.6. The lowest BCUT2D eigenvalue weighted by Crippen LogP contribution is -2.00. The number of fused-ring (bicyclic) bond motifs is 7. The molecule has 0 unspecified atom stereocenters. The second-order valence-corrected chi connectivity index (χ2v) is 15.1. The van der Waals surface area contributed by atoms with Crippen molar-refractivity contribution in [3.63, 3.8) is 0 Å². The van der Waals surface area contributed by atoms with Crippen molar-refractivity contribution in [3.05, 3.63) is 158 Å². The number of para-hydroxylation sites is 2. The molecule has 0 spiro atoms. The van der Waals surface area contributed by atoms with Gasteiger partial charge in [-0.2, -0.15) is 0 Å². The lowest BCUT2D eigenvalue weighted by atomic mass is 9.96. The van der Waals surface area contributed by atoms with Gasteiger partial charge in [0.05, 0.1) is 10.2 Å². The molecule has 7 aromatic carbocycles. The molecule has 53 heavy (non-hydrogen) atoms. The Morgan fingerprint density at radius 3 is 1.89 bits per heavy atom. The number of benzene rings is 7. The van der Waals surface area contributed by atoms with Crippen molar-refractivity contribution in [1.82, 2.24) is 19.9 Å². The van der Waals surface area contributed by atoms with E-state index in [4.69, 9.17) is 24.4 Å². The van der Waals surface area contributed by atoms with Gasteiger partial charge in [0.2, 0.25) is 0 Å². The molecule has 0 saturated carbocycles. The van der Waals surface area contributed by atoms with E-state index in [-0.39, 0.29) is 0 Å². The summed E-state index contributed by atoms with van der Waals surface area (Å²) < 4.78 is 9.73. The van der Waals surface area contributed by atoms with Crippen LogP contribution in [0.4, 0.5) is 0 Å². The second kappa shape index (κ2) is 12.0. The predicted molar refractivity (Wildman–Crippen MR) is 220 cm³/mol. The molecule has 11 rings (SSSR count). The van der Waals surface area contributed by atoms with Gasteiger partial charge in [-0.3, -0.25) is 0 Å². The second-order valence-electron chi connectivity index (χ2n) is 13.0. The Hall–Kier alpha value is -6.54. The van der Waals surface area contributed by atoms with E-state index in [1.54, 1.807) is 22.7 Å². The molecule has 4 aromatic heterocycles. The van der Waals surface area contributed by atoms with Gasteiger partial charge in [-0.1, -0.05) is 103 Å². The third kappa shape index (κ3) is 5.04. The number of hydrogen-bond donors (Lipinski definition) is 0. The first-order valence-corrected chi connectivity index (χ1v) is 19.0. The quantitative estimate of drug-likeness (QED) is 0.178. The van der Waals surface area contributed by atoms with Crippen molar-refractivity contribution < 1.29 is 4.42 Å². The molecule has 0 fully saturated rings. The largest absolute Gasteiger partial charge is 0.456 e. The van der Waals surface area contributed by atoms with Crippen molar-refractivity contribution in [2.75, 3.05) is 0 Å². The first kappa shape index (κ1) is 30.1. The van der Waals surface area contributed by atoms with Crippen LogP contribution in [0.25, 0.3) is 108 Å². The number of furan rings is 1. The van der Waals surface area contributed by atoms with E-state index in [0.29, 0.717) is 17.5 Å². The molecule has 5 nitrogen and oxygen atoms in total. The minimum absolute atomic E-state index is 0.612. The molecule has 4 heterocycles. The van der Waals surface area contributed by atoms with Crippen molar-refractivity contribution in [2.45, 2.75) is 0 Å². The van der Waals surface area contributed by atoms with Crippen LogP contribution in [0.5, 0.6) is 0 Å². The van der Waals surface area contributed by atoms with Crippen LogP contribution < -0.4 is 0 Å². The van der Waals surface area contributed by atoms with Crippen LogP contribution in [0, 0.1) is 0 Å². The van der Waals surface area contributed by atoms with Crippen LogP contribution in [0.1, 0.15) is 0 Å². The van der Waals surface area contributed by atoms with Gasteiger partial charge in [0.25, 0.3) is 0 Å². The van der Waals surface area contributed by atoms with Crippen molar-refractivity contribution in [1.29, 1.82) is 0 Å². The fourth-order valence-electron chi connectivity index (χ4n) is 7.32. The van der Waals surface area contributed by atoms with Crippen LogP contribution in [0.2, 0.25) is 0 Å². The SMILES string of the molecule is c1ccc(-c2nc(-c3ccc4oc5ccccc5c4c3)nc(-c3cccc4sc5cccc(-c6cccc(-c7nc8ccccc8s7)c6)c5c34)n2)cc1. The monoisotopic (exact) mass is 714 g/mol. The Balaban J connectivity index is 1.12. The molecule has 0 saturated heterocycles. The first-order valence-electron chi connectivity index (χ1n) is 17.4. The van der Waals surface area contributed by atoms with E-state index in [1.165, 1.54) is 25.0 Å². The maximum atomic E-state index is 6.15. The Kier molecular flexibility index (Phi) is 6.83. The molecule has 0 bridgehead atoms. The molecule has 7 heteroatoms. The minimum Gasteiger partial charge on any atom is -0.456 e. The molecule has 0 aliphatic heterocycles. The summed E-state index contributed by atoms with van der Waals surface area (Å²) in [6.07, 6.45) is 0. The van der Waals surface area contributed by atoms with Crippen LogP contribution in [-0.4, -0.2) is 19.9 Å². The molecular weight excluding hydrogens is 689 g/mol. The maximum absolute atomic E-state index is 6.15. The summed E-state index contributed by atoms with van der Waals surface area (Å²) in [5.41, 5.74) is 8.94. The first-order chi connectivity index (χ1) is 26.2. The highest BCUT2D eigenvalue weighted by Gasteiger charge is 2.20. The Morgan fingerprint density at radius 2 is 1.02 bits per heavy atom. The number of aromatic nitrogens is 4. The smallest absolute Gasteiger partial charge is 0.164 e. The summed E-state index contributed by atoms with van der Waals surface area (Å²) in [4.78, 5) is 20.4. The Morgan fingerprint density at radius 1 is 0.377 bits per heavy atom. The summed E-state index contributed by atoms with van der Waals surface area (Å²) in [7, 11) is 0. The summed E-state index contributed by atoms with van der Waals surface area (Å²) >= 11 is 3.52. The average Bonchev–Trinajstić information content (AvgIpc) is 3.94.